The summed E-state index contributed by atoms with van der Waals surface area (Å²) in [7, 11) is 1.78. The topological polar surface area (TPSA) is 61.4 Å². The predicted molar refractivity (Wildman–Crippen MR) is 110 cm³/mol. The number of carbonyl (C=O) groups excluding carboxylic acids is 2. The van der Waals surface area contributed by atoms with E-state index in [4.69, 9.17) is 0 Å². The molecule has 0 saturated heterocycles. The van der Waals surface area contributed by atoms with Crippen LogP contribution in [-0.4, -0.2) is 49.1 Å². The summed E-state index contributed by atoms with van der Waals surface area (Å²) in [6.07, 6.45) is 2.80. The Balaban J connectivity index is 1.78. The molecule has 5 nitrogen and oxygen atoms in total. The molecule has 0 radical (unpaired) electrons. The molecule has 2 aromatic rings. The van der Waals surface area contributed by atoms with E-state index in [0.717, 1.165) is 17.0 Å². The highest BCUT2D eigenvalue weighted by Crippen LogP contribution is 2.24. The molecule has 1 aromatic carbocycles. The Labute approximate surface area is 163 Å². The van der Waals surface area contributed by atoms with Crippen LogP contribution in [0, 0.1) is 0 Å². The summed E-state index contributed by atoms with van der Waals surface area (Å²) in [5.74, 6) is -0.200. The van der Waals surface area contributed by atoms with Crippen molar-refractivity contribution >= 4 is 40.6 Å². The molecule has 1 aromatic heterocycles. The average Bonchev–Trinajstić information content (AvgIpc) is 3.14. The number of thiophene rings is 1. The van der Waals surface area contributed by atoms with E-state index < -0.39 is 0 Å². The van der Waals surface area contributed by atoms with Crippen molar-refractivity contribution in [1.82, 2.24) is 10.2 Å². The third kappa shape index (κ3) is 6.16. The smallest absolute Gasteiger partial charge is 0.238 e. The molecule has 0 aliphatic carbocycles. The third-order valence-corrected chi connectivity index (χ3v) is 5.80. The van der Waals surface area contributed by atoms with E-state index in [1.165, 1.54) is 4.88 Å². The van der Waals surface area contributed by atoms with Crippen LogP contribution in [0.4, 0.5) is 5.69 Å². The standard InChI is InChI=1S/C19H25N3O2S2/c1-14(19(24)20-11-10-15-7-6-12-26-15)22(2)13-18(23)21-16-8-4-5-9-17(16)25-3/h4-9,12,14H,10-11,13H2,1-3H3,(H,20,24)(H,21,23)/t14-/m1/s1. The molecule has 2 rings (SSSR count). The van der Waals surface area contributed by atoms with Gasteiger partial charge in [0.2, 0.25) is 11.8 Å². The number of rotatable bonds is 9. The Kier molecular flexibility index (Phi) is 8.15. The lowest BCUT2D eigenvalue weighted by Gasteiger charge is -2.23. The highest BCUT2D eigenvalue weighted by atomic mass is 32.2. The summed E-state index contributed by atoms with van der Waals surface area (Å²) in [6, 6.07) is 11.4. The Morgan fingerprint density at radius 2 is 2.00 bits per heavy atom. The van der Waals surface area contributed by atoms with Crippen LogP contribution in [0.25, 0.3) is 0 Å². The van der Waals surface area contributed by atoms with Gasteiger partial charge in [-0.1, -0.05) is 18.2 Å². The molecule has 0 aliphatic rings. The summed E-state index contributed by atoms with van der Waals surface area (Å²) < 4.78 is 0. The minimum atomic E-state index is -0.375. The number of likely N-dealkylation sites (N-methyl/N-ethyl adjacent to an activating group) is 1. The van der Waals surface area contributed by atoms with Crippen LogP contribution in [0.5, 0.6) is 0 Å². The van der Waals surface area contributed by atoms with Gasteiger partial charge in [-0.15, -0.1) is 23.1 Å². The van der Waals surface area contributed by atoms with Gasteiger partial charge in [-0.2, -0.15) is 0 Å². The number of nitrogens with one attached hydrogen (secondary N) is 2. The van der Waals surface area contributed by atoms with Gasteiger partial charge in [0.05, 0.1) is 18.3 Å². The number of benzene rings is 1. The molecule has 0 fully saturated rings. The van der Waals surface area contributed by atoms with E-state index in [-0.39, 0.29) is 24.4 Å². The second-order valence-electron chi connectivity index (χ2n) is 5.96. The van der Waals surface area contributed by atoms with E-state index in [2.05, 4.69) is 16.7 Å². The van der Waals surface area contributed by atoms with Gasteiger partial charge in [0.1, 0.15) is 0 Å². The molecule has 1 heterocycles. The lowest BCUT2D eigenvalue weighted by molar-refractivity contribution is -0.126. The number of hydrogen-bond donors (Lipinski definition) is 2. The van der Waals surface area contributed by atoms with Crippen LogP contribution in [0.2, 0.25) is 0 Å². The maximum Gasteiger partial charge on any atom is 0.238 e. The quantitative estimate of drug-likeness (QED) is 0.645. The van der Waals surface area contributed by atoms with E-state index >= 15 is 0 Å². The Hall–Kier alpha value is -1.83. The van der Waals surface area contributed by atoms with Crippen LogP contribution in [0.3, 0.4) is 0 Å². The molecule has 1 atom stereocenters. The maximum absolute atomic E-state index is 12.3. The van der Waals surface area contributed by atoms with E-state index in [0.29, 0.717) is 6.54 Å². The van der Waals surface area contributed by atoms with Crippen molar-refractivity contribution in [3.8, 4) is 0 Å². The maximum atomic E-state index is 12.3. The number of carbonyl (C=O) groups is 2. The Morgan fingerprint density at radius 3 is 2.69 bits per heavy atom. The second kappa shape index (κ2) is 10.4. The van der Waals surface area contributed by atoms with Crippen molar-refractivity contribution in [3.05, 3.63) is 46.7 Å². The van der Waals surface area contributed by atoms with Gasteiger partial charge in [0.25, 0.3) is 0 Å². The van der Waals surface area contributed by atoms with Crippen LogP contribution < -0.4 is 10.6 Å². The zero-order valence-corrected chi connectivity index (χ0v) is 17.0. The van der Waals surface area contributed by atoms with Crippen molar-refractivity contribution in [2.75, 3.05) is 31.7 Å². The molecular weight excluding hydrogens is 366 g/mol. The number of para-hydroxylation sites is 1. The summed E-state index contributed by atoms with van der Waals surface area (Å²) in [5.41, 5.74) is 0.798. The molecule has 0 aliphatic heterocycles. The Morgan fingerprint density at radius 1 is 1.23 bits per heavy atom. The monoisotopic (exact) mass is 391 g/mol. The first-order valence-corrected chi connectivity index (χ1v) is 10.5. The van der Waals surface area contributed by atoms with Gasteiger partial charge in [0.15, 0.2) is 0 Å². The fourth-order valence-corrected chi connectivity index (χ4v) is 3.68. The molecule has 2 amide bonds. The highest BCUT2D eigenvalue weighted by Gasteiger charge is 2.20. The number of amides is 2. The first-order valence-electron chi connectivity index (χ1n) is 8.44. The van der Waals surface area contributed by atoms with Gasteiger partial charge < -0.3 is 10.6 Å². The number of thioether (sulfide) groups is 1. The van der Waals surface area contributed by atoms with Crippen molar-refractivity contribution < 1.29 is 9.59 Å². The van der Waals surface area contributed by atoms with Crippen molar-refractivity contribution in [3.63, 3.8) is 0 Å². The van der Waals surface area contributed by atoms with Gasteiger partial charge in [-0.25, -0.2) is 0 Å². The van der Waals surface area contributed by atoms with Gasteiger partial charge in [-0.3, -0.25) is 14.5 Å². The zero-order valence-electron chi connectivity index (χ0n) is 15.3. The van der Waals surface area contributed by atoms with Gasteiger partial charge in [0, 0.05) is 16.3 Å². The molecule has 140 valence electrons. The fourth-order valence-electron chi connectivity index (χ4n) is 2.41. The van der Waals surface area contributed by atoms with Crippen molar-refractivity contribution in [1.29, 1.82) is 0 Å². The number of hydrogen-bond acceptors (Lipinski definition) is 5. The summed E-state index contributed by atoms with van der Waals surface area (Å²) >= 11 is 3.27. The fraction of sp³-hybridized carbons (Fsp3) is 0.368. The summed E-state index contributed by atoms with van der Waals surface area (Å²) in [6.45, 7) is 2.57. The molecule has 0 spiro atoms. The molecule has 0 saturated carbocycles. The molecule has 0 bridgehead atoms. The van der Waals surface area contributed by atoms with Crippen molar-refractivity contribution in [2.24, 2.45) is 0 Å². The first kappa shape index (κ1) is 20.5. The first-order chi connectivity index (χ1) is 12.5. The van der Waals surface area contributed by atoms with E-state index in [1.54, 1.807) is 35.0 Å². The van der Waals surface area contributed by atoms with E-state index in [1.807, 2.05) is 48.9 Å². The largest absolute Gasteiger partial charge is 0.354 e. The third-order valence-electron chi connectivity index (χ3n) is 4.07. The average molecular weight is 392 g/mol. The van der Waals surface area contributed by atoms with Gasteiger partial charge in [-0.05, 0) is 50.2 Å². The van der Waals surface area contributed by atoms with Crippen LogP contribution >= 0.6 is 23.1 Å². The molecule has 2 N–H and O–H groups in total. The predicted octanol–water partition coefficient (Wildman–Crippen LogP) is 3.09. The second-order valence-corrected chi connectivity index (χ2v) is 7.84. The lowest BCUT2D eigenvalue weighted by Crippen LogP contribution is -2.46. The van der Waals surface area contributed by atoms with Crippen LogP contribution in [0.15, 0.2) is 46.7 Å². The van der Waals surface area contributed by atoms with Crippen LogP contribution in [-0.2, 0) is 16.0 Å². The normalized spacial score (nSPS) is 12.0. The highest BCUT2D eigenvalue weighted by molar-refractivity contribution is 7.98. The lowest BCUT2D eigenvalue weighted by atomic mass is 10.2. The molecule has 0 unspecified atom stereocenters. The van der Waals surface area contributed by atoms with E-state index in [9.17, 15) is 9.59 Å². The Bertz CT molecular complexity index is 719. The summed E-state index contributed by atoms with van der Waals surface area (Å²) in [4.78, 5) is 28.6. The zero-order chi connectivity index (χ0) is 18.9. The molecule has 26 heavy (non-hydrogen) atoms. The van der Waals surface area contributed by atoms with Crippen LogP contribution in [0.1, 0.15) is 11.8 Å². The van der Waals surface area contributed by atoms with Gasteiger partial charge >= 0.3 is 0 Å². The molecule has 7 heteroatoms. The minimum Gasteiger partial charge on any atom is -0.354 e. The molecular formula is C19H25N3O2S2. The summed E-state index contributed by atoms with van der Waals surface area (Å²) in [5, 5.41) is 7.88. The SMILES string of the molecule is CSc1ccccc1NC(=O)CN(C)[C@H](C)C(=O)NCCc1cccs1. The minimum absolute atomic E-state index is 0.0682. The van der Waals surface area contributed by atoms with Crippen molar-refractivity contribution in [2.45, 2.75) is 24.3 Å². The number of anilines is 1. The number of nitrogens with zero attached hydrogens (tertiary/aromatic N) is 1.